The van der Waals surface area contributed by atoms with E-state index in [-0.39, 0.29) is 24.8 Å². The molecule has 1 aliphatic heterocycles. The Labute approximate surface area is 156 Å². The molecule has 140 valence electrons. The van der Waals surface area contributed by atoms with Crippen LogP contribution in [0.3, 0.4) is 0 Å². The fourth-order valence-corrected chi connectivity index (χ4v) is 3.67. The molecule has 1 aliphatic rings. The lowest BCUT2D eigenvalue weighted by atomic mass is 10.1. The molecule has 3 aromatic rings. The molecule has 0 bridgehead atoms. The van der Waals surface area contributed by atoms with Crippen molar-refractivity contribution in [3.8, 4) is 10.7 Å². The van der Waals surface area contributed by atoms with E-state index in [1.165, 1.54) is 23.5 Å². The standard InChI is InChI=1S/C18H14F3N3O2S/c19-18(20,21)13-5-3-11(4-6-13)9-24-10-12(8-15(24)25)17-22-16(23-26-17)14-2-1-7-27-14/h1-7,12H,8-10H2/t12-/m1/s1. The van der Waals surface area contributed by atoms with Crippen LogP contribution in [0.5, 0.6) is 0 Å². The Morgan fingerprint density at radius 3 is 2.67 bits per heavy atom. The molecule has 2 aromatic heterocycles. The number of amides is 1. The van der Waals surface area contributed by atoms with Crippen molar-refractivity contribution in [1.29, 1.82) is 0 Å². The summed E-state index contributed by atoms with van der Waals surface area (Å²) in [7, 11) is 0. The first-order valence-corrected chi connectivity index (χ1v) is 9.09. The molecule has 3 heterocycles. The zero-order valence-electron chi connectivity index (χ0n) is 13.9. The largest absolute Gasteiger partial charge is 0.416 e. The Morgan fingerprint density at radius 2 is 2.00 bits per heavy atom. The van der Waals surface area contributed by atoms with E-state index in [0.29, 0.717) is 23.8 Å². The van der Waals surface area contributed by atoms with Gasteiger partial charge in [0.25, 0.3) is 0 Å². The molecular formula is C18H14F3N3O2S. The van der Waals surface area contributed by atoms with Gasteiger partial charge in [0.05, 0.1) is 16.4 Å². The van der Waals surface area contributed by atoms with Gasteiger partial charge in [0.15, 0.2) is 0 Å². The van der Waals surface area contributed by atoms with Crippen molar-refractivity contribution in [3.63, 3.8) is 0 Å². The number of alkyl halides is 3. The monoisotopic (exact) mass is 393 g/mol. The van der Waals surface area contributed by atoms with Crippen molar-refractivity contribution in [1.82, 2.24) is 15.0 Å². The van der Waals surface area contributed by atoms with Gasteiger partial charge in [-0.1, -0.05) is 23.4 Å². The molecule has 27 heavy (non-hydrogen) atoms. The Bertz CT molecular complexity index is 936. The minimum Gasteiger partial charge on any atom is -0.339 e. The molecule has 1 atom stereocenters. The lowest BCUT2D eigenvalue weighted by molar-refractivity contribution is -0.137. The summed E-state index contributed by atoms with van der Waals surface area (Å²) in [6, 6.07) is 8.62. The summed E-state index contributed by atoms with van der Waals surface area (Å²) in [5, 5.41) is 5.87. The van der Waals surface area contributed by atoms with Gasteiger partial charge in [-0.25, -0.2) is 0 Å². The third-order valence-corrected chi connectivity index (χ3v) is 5.27. The molecule has 0 saturated carbocycles. The van der Waals surface area contributed by atoms with Crippen LogP contribution in [0.15, 0.2) is 46.3 Å². The van der Waals surface area contributed by atoms with E-state index in [4.69, 9.17) is 4.52 Å². The van der Waals surface area contributed by atoms with Crippen molar-refractivity contribution in [3.05, 3.63) is 58.8 Å². The fraction of sp³-hybridized carbons (Fsp3) is 0.278. The molecule has 0 N–H and O–H groups in total. The molecule has 1 fully saturated rings. The molecule has 0 spiro atoms. The van der Waals surface area contributed by atoms with Crippen LogP contribution in [0, 0.1) is 0 Å². The van der Waals surface area contributed by atoms with Crippen LogP contribution in [-0.4, -0.2) is 27.5 Å². The number of thiophene rings is 1. The smallest absolute Gasteiger partial charge is 0.339 e. The van der Waals surface area contributed by atoms with E-state index >= 15 is 0 Å². The zero-order chi connectivity index (χ0) is 19.0. The van der Waals surface area contributed by atoms with Crippen molar-refractivity contribution < 1.29 is 22.5 Å². The molecule has 4 rings (SSSR count). The highest BCUT2D eigenvalue weighted by atomic mass is 32.1. The maximum absolute atomic E-state index is 12.6. The predicted octanol–water partition coefficient (Wildman–Crippen LogP) is 4.33. The first-order valence-electron chi connectivity index (χ1n) is 8.21. The third kappa shape index (κ3) is 3.73. The van der Waals surface area contributed by atoms with E-state index in [1.54, 1.807) is 4.90 Å². The first kappa shape index (κ1) is 17.7. The van der Waals surface area contributed by atoms with Crippen LogP contribution in [-0.2, 0) is 17.5 Å². The van der Waals surface area contributed by atoms with E-state index < -0.39 is 11.7 Å². The van der Waals surface area contributed by atoms with Gasteiger partial charge in [0.1, 0.15) is 0 Å². The van der Waals surface area contributed by atoms with E-state index in [0.717, 1.165) is 17.0 Å². The highest BCUT2D eigenvalue weighted by Crippen LogP contribution is 2.32. The van der Waals surface area contributed by atoms with Gasteiger partial charge in [-0.2, -0.15) is 18.2 Å². The van der Waals surface area contributed by atoms with Gasteiger partial charge < -0.3 is 9.42 Å². The van der Waals surface area contributed by atoms with Crippen molar-refractivity contribution >= 4 is 17.2 Å². The summed E-state index contributed by atoms with van der Waals surface area (Å²) in [5.41, 5.74) is -0.0642. The average molecular weight is 393 g/mol. The predicted molar refractivity (Wildman–Crippen MR) is 91.8 cm³/mol. The Kier molecular flexibility index (Phi) is 4.47. The summed E-state index contributed by atoms with van der Waals surface area (Å²) in [5.74, 6) is 0.597. The number of halogens is 3. The lowest BCUT2D eigenvalue weighted by Crippen LogP contribution is -2.24. The highest BCUT2D eigenvalue weighted by molar-refractivity contribution is 7.13. The van der Waals surface area contributed by atoms with Crippen molar-refractivity contribution in [2.75, 3.05) is 6.54 Å². The number of aromatic nitrogens is 2. The molecular weight excluding hydrogens is 379 g/mol. The van der Waals surface area contributed by atoms with E-state index in [9.17, 15) is 18.0 Å². The topological polar surface area (TPSA) is 59.2 Å². The van der Waals surface area contributed by atoms with Crippen molar-refractivity contribution in [2.45, 2.75) is 25.1 Å². The van der Waals surface area contributed by atoms with E-state index in [2.05, 4.69) is 10.1 Å². The Hall–Kier alpha value is -2.68. The normalized spacial score (nSPS) is 17.7. The summed E-state index contributed by atoms with van der Waals surface area (Å²) in [6.07, 6.45) is -4.13. The summed E-state index contributed by atoms with van der Waals surface area (Å²) < 4.78 is 43.2. The van der Waals surface area contributed by atoms with Crippen LogP contribution in [0.25, 0.3) is 10.7 Å². The van der Waals surface area contributed by atoms with Gasteiger partial charge >= 0.3 is 6.18 Å². The zero-order valence-corrected chi connectivity index (χ0v) is 14.8. The summed E-state index contributed by atoms with van der Waals surface area (Å²) in [4.78, 5) is 19.1. The maximum Gasteiger partial charge on any atom is 0.416 e. The molecule has 0 unspecified atom stereocenters. The van der Waals surface area contributed by atoms with Crippen LogP contribution >= 0.6 is 11.3 Å². The third-order valence-electron chi connectivity index (χ3n) is 4.40. The minimum absolute atomic E-state index is 0.0872. The SMILES string of the molecule is O=C1C[C@@H](c2nc(-c3cccs3)no2)CN1Cc1ccc(C(F)(F)F)cc1. The number of rotatable bonds is 4. The fourth-order valence-electron chi connectivity index (χ4n) is 3.02. The second kappa shape index (κ2) is 6.80. The molecule has 1 aromatic carbocycles. The molecule has 0 radical (unpaired) electrons. The number of hydrogen-bond donors (Lipinski definition) is 0. The van der Waals surface area contributed by atoms with Gasteiger partial charge in [0.2, 0.25) is 17.6 Å². The van der Waals surface area contributed by atoms with Crippen LogP contribution in [0.2, 0.25) is 0 Å². The lowest BCUT2D eigenvalue weighted by Gasteiger charge is -2.16. The minimum atomic E-state index is -4.37. The summed E-state index contributed by atoms with van der Waals surface area (Å²) >= 11 is 1.50. The Morgan fingerprint density at radius 1 is 1.22 bits per heavy atom. The van der Waals surface area contributed by atoms with Crippen LogP contribution in [0.1, 0.15) is 29.4 Å². The number of hydrogen-bond acceptors (Lipinski definition) is 5. The molecule has 9 heteroatoms. The van der Waals surface area contributed by atoms with E-state index in [1.807, 2.05) is 17.5 Å². The summed E-state index contributed by atoms with van der Waals surface area (Å²) in [6.45, 7) is 0.644. The van der Waals surface area contributed by atoms with Crippen LogP contribution in [0.4, 0.5) is 13.2 Å². The molecule has 0 aliphatic carbocycles. The number of benzene rings is 1. The molecule has 1 saturated heterocycles. The van der Waals surface area contributed by atoms with Crippen LogP contribution < -0.4 is 0 Å². The molecule has 1 amide bonds. The second-order valence-corrected chi connectivity index (χ2v) is 7.25. The van der Waals surface area contributed by atoms with Gasteiger partial charge in [-0.3, -0.25) is 4.79 Å². The van der Waals surface area contributed by atoms with Gasteiger partial charge in [0, 0.05) is 19.5 Å². The quantitative estimate of drug-likeness (QED) is 0.662. The number of likely N-dealkylation sites (tertiary alicyclic amines) is 1. The Balaban J connectivity index is 1.43. The van der Waals surface area contributed by atoms with Crippen molar-refractivity contribution in [2.24, 2.45) is 0 Å². The number of nitrogens with zero attached hydrogens (tertiary/aromatic N) is 3. The average Bonchev–Trinajstić information content (AvgIpc) is 3.35. The van der Waals surface area contributed by atoms with Gasteiger partial charge in [-0.15, -0.1) is 11.3 Å². The maximum atomic E-state index is 12.6. The number of carbonyl (C=O) groups is 1. The first-order chi connectivity index (χ1) is 12.9. The van der Waals surface area contributed by atoms with Gasteiger partial charge in [-0.05, 0) is 29.1 Å². The molecule has 5 nitrogen and oxygen atoms in total. The number of carbonyl (C=O) groups excluding carboxylic acids is 1. The second-order valence-electron chi connectivity index (χ2n) is 6.30. The highest BCUT2D eigenvalue weighted by Gasteiger charge is 2.35.